The first kappa shape index (κ1) is 18.2. The van der Waals surface area contributed by atoms with Crippen LogP contribution in [0, 0.1) is 0 Å². The number of amides is 1. The summed E-state index contributed by atoms with van der Waals surface area (Å²) in [7, 11) is 0. The number of hydrogen-bond donors (Lipinski definition) is 1. The zero-order chi connectivity index (χ0) is 18.6. The quantitative estimate of drug-likeness (QED) is 0.899. The Labute approximate surface area is 148 Å². The molecule has 8 heteroatoms. The molecule has 1 aliphatic rings. The monoisotopic (exact) mass is 365 g/mol. The molecule has 0 spiro atoms. The number of alkyl halides is 3. The van der Waals surface area contributed by atoms with Gasteiger partial charge in [-0.15, -0.1) is 0 Å². The number of hydrogen-bond acceptors (Lipinski definition) is 4. The molecule has 1 amide bonds. The summed E-state index contributed by atoms with van der Waals surface area (Å²) < 4.78 is 43.2. The second kappa shape index (κ2) is 7.72. The minimum atomic E-state index is -4.41. The van der Waals surface area contributed by atoms with Gasteiger partial charge in [0.15, 0.2) is 0 Å². The van der Waals surface area contributed by atoms with Gasteiger partial charge in [-0.1, -0.05) is 0 Å². The maximum absolute atomic E-state index is 12.5. The van der Waals surface area contributed by atoms with E-state index in [1.807, 2.05) is 0 Å². The van der Waals surface area contributed by atoms with Gasteiger partial charge in [0.2, 0.25) is 5.88 Å². The van der Waals surface area contributed by atoms with Crippen molar-refractivity contribution in [2.75, 3.05) is 0 Å². The van der Waals surface area contributed by atoms with Gasteiger partial charge in [0.1, 0.15) is 6.10 Å². The molecule has 1 fully saturated rings. The van der Waals surface area contributed by atoms with Crippen LogP contribution in [0.25, 0.3) is 0 Å². The van der Waals surface area contributed by atoms with Crippen LogP contribution in [0.2, 0.25) is 0 Å². The average Bonchev–Trinajstić information content (AvgIpc) is 2.64. The molecule has 0 bridgehead atoms. The van der Waals surface area contributed by atoms with Gasteiger partial charge in [-0.2, -0.15) is 13.2 Å². The number of carbonyl (C=O) groups excluding carboxylic acids is 1. The topological polar surface area (TPSA) is 64.1 Å². The van der Waals surface area contributed by atoms with Gasteiger partial charge in [-0.25, -0.2) is 4.98 Å². The zero-order valence-corrected chi connectivity index (χ0v) is 13.9. The van der Waals surface area contributed by atoms with Gasteiger partial charge >= 0.3 is 6.18 Å². The fraction of sp³-hybridized carbons (Fsp3) is 0.389. The molecular weight excluding hydrogens is 347 g/mol. The Bertz CT molecular complexity index is 728. The summed E-state index contributed by atoms with van der Waals surface area (Å²) in [6.07, 6.45) is 2.22. The Morgan fingerprint density at radius 3 is 2.46 bits per heavy atom. The number of aromatic nitrogens is 2. The van der Waals surface area contributed by atoms with E-state index in [2.05, 4.69) is 15.3 Å². The molecule has 5 nitrogen and oxygen atoms in total. The molecule has 1 saturated carbocycles. The SMILES string of the molecule is O=C(NC1CCC(Oc2ccc(C(F)(F)F)cn2)CC1)c1cccnc1. The van der Waals surface area contributed by atoms with Gasteiger partial charge in [-0.05, 0) is 43.9 Å². The molecule has 26 heavy (non-hydrogen) atoms. The van der Waals surface area contributed by atoms with Crippen LogP contribution in [0.5, 0.6) is 5.88 Å². The van der Waals surface area contributed by atoms with E-state index in [1.54, 1.807) is 18.3 Å². The van der Waals surface area contributed by atoms with Gasteiger partial charge in [0, 0.05) is 30.7 Å². The van der Waals surface area contributed by atoms with E-state index in [0.29, 0.717) is 18.4 Å². The van der Waals surface area contributed by atoms with Crippen molar-refractivity contribution in [3.8, 4) is 5.88 Å². The summed E-state index contributed by atoms with van der Waals surface area (Å²) in [5.74, 6) is 0.0210. The number of ether oxygens (including phenoxy) is 1. The van der Waals surface area contributed by atoms with Crippen LogP contribution >= 0.6 is 0 Å². The Hall–Kier alpha value is -2.64. The smallest absolute Gasteiger partial charge is 0.417 e. The number of carbonyl (C=O) groups is 1. The summed E-state index contributed by atoms with van der Waals surface area (Å²) in [5, 5.41) is 2.97. The second-order valence-corrected chi connectivity index (χ2v) is 6.19. The van der Waals surface area contributed by atoms with E-state index >= 15 is 0 Å². The molecule has 0 atom stereocenters. The second-order valence-electron chi connectivity index (χ2n) is 6.19. The van der Waals surface area contributed by atoms with E-state index in [1.165, 1.54) is 12.3 Å². The highest BCUT2D eigenvalue weighted by atomic mass is 19.4. The Kier molecular flexibility index (Phi) is 5.39. The first-order chi connectivity index (χ1) is 12.4. The van der Waals surface area contributed by atoms with E-state index in [9.17, 15) is 18.0 Å². The lowest BCUT2D eigenvalue weighted by molar-refractivity contribution is -0.137. The molecule has 1 N–H and O–H groups in total. The van der Waals surface area contributed by atoms with Gasteiger partial charge in [0.05, 0.1) is 11.1 Å². The molecule has 0 saturated heterocycles. The van der Waals surface area contributed by atoms with Gasteiger partial charge < -0.3 is 10.1 Å². The number of halogens is 3. The molecule has 0 unspecified atom stereocenters. The minimum Gasteiger partial charge on any atom is -0.474 e. The molecule has 0 aromatic carbocycles. The van der Waals surface area contributed by atoms with E-state index in [0.717, 1.165) is 25.1 Å². The average molecular weight is 365 g/mol. The molecule has 138 valence electrons. The number of pyridine rings is 2. The highest BCUT2D eigenvalue weighted by Gasteiger charge is 2.31. The predicted molar refractivity (Wildman–Crippen MR) is 87.6 cm³/mol. The maximum Gasteiger partial charge on any atom is 0.417 e. The summed E-state index contributed by atoms with van der Waals surface area (Å²) in [4.78, 5) is 19.8. The fourth-order valence-electron chi connectivity index (χ4n) is 2.88. The molecular formula is C18H18F3N3O2. The highest BCUT2D eigenvalue weighted by molar-refractivity contribution is 5.93. The molecule has 0 aliphatic heterocycles. The zero-order valence-electron chi connectivity index (χ0n) is 13.9. The summed E-state index contributed by atoms with van der Waals surface area (Å²) in [6, 6.07) is 5.65. The Morgan fingerprint density at radius 2 is 1.88 bits per heavy atom. The van der Waals surface area contributed by atoms with E-state index < -0.39 is 11.7 Å². The Balaban J connectivity index is 1.47. The number of nitrogens with one attached hydrogen (secondary N) is 1. The number of nitrogens with zero attached hydrogens (tertiary/aromatic N) is 2. The minimum absolute atomic E-state index is 0.0446. The van der Waals surface area contributed by atoms with Crippen molar-refractivity contribution in [2.45, 2.75) is 44.0 Å². The van der Waals surface area contributed by atoms with Crippen molar-refractivity contribution >= 4 is 5.91 Å². The van der Waals surface area contributed by atoms with Crippen molar-refractivity contribution in [3.63, 3.8) is 0 Å². The van der Waals surface area contributed by atoms with Crippen molar-refractivity contribution in [3.05, 3.63) is 54.0 Å². The third-order valence-electron chi connectivity index (χ3n) is 4.28. The normalized spacial score (nSPS) is 20.4. The molecule has 1 aliphatic carbocycles. The van der Waals surface area contributed by atoms with Gasteiger partial charge in [0.25, 0.3) is 5.91 Å². The predicted octanol–water partition coefficient (Wildman–Crippen LogP) is 3.62. The van der Waals surface area contributed by atoms with Crippen molar-refractivity contribution < 1.29 is 22.7 Å². The Morgan fingerprint density at radius 1 is 1.12 bits per heavy atom. The molecule has 2 aromatic rings. The number of rotatable bonds is 4. The highest BCUT2D eigenvalue weighted by Crippen LogP contribution is 2.30. The lowest BCUT2D eigenvalue weighted by atomic mass is 9.92. The van der Waals surface area contributed by atoms with Crippen molar-refractivity contribution in [1.29, 1.82) is 0 Å². The van der Waals surface area contributed by atoms with Crippen LogP contribution in [0.4, 0.5) is 13.2 Å². The summed E-state index contributed by atoms with van der Waals surface area (Å²) >= 11 is 0. The first-order valence-electron chi connectivity index (χ1n) is 8.32. The molecule has 2 heterocycles. The molecule has 3 rings (SSSR count). The van der Waals surface area contributed by atoms with Crippen LogP contribution in [0.3, 0.4) is 0 Å². The summed E-state index contributed by atoms with van der Waals surface area (Å²) in [5.41, 5.74) is -0.286. The lowest BCUT2D eigenvalue weighted by Crippen LogP contribution is -2.39. The molecule has 0 radical (unpaired) electrons. The van der Waals surface area contributed by atoms with E-state index in [4.69, 9.17) is 4.74 Å². The third-order valence-corrected chi connectivity index (χ3v) is 4.28. The van der Waals surface area contributed by atoms with Crippen molar-refractivity contribution in [2.24, 2.45) is 0 Å². The van der Waals surface area contributed by atoms with Crippen LogP contribution in [-0.2, 0) is 6.18 Å². The van der Waals surface area contributed by atoms with Crippen LogP contribution in [0.15, 0.2) is 42.9 Å². The summed E-state index contributed by atoms with van der Waals surface area (Å²) in [6.45, 7) is 0. The van der Waals surface area contributed by atoms with E-state index in [-0.39, 0.29) is 23.9 Å². The largest absolute Gasteiger partial charge is 0.474 e. The standard InChI is InChI=1S/C18H18F3N3O2/c19-18(20,21)13-3-8-16(23-11-13)26-15-6-4-14(5-7-15)24-17(25)12-2-1-9-22-10-12/h1-3,8-11,14-15H,4-7H2,(H,24,25). The third kappa shape index (κ3) is 4.71. The maximum atomic E-state index is 12.5. The van der Waals surface area contributed by atoms with Gasteiger partial charge in [-0.3, -0.25) is 9.78 Å². The lowest BCUT2D eigenvalue weighted by Gasteiger charge is -2.29. The fourth-order valence-corrected chi connectivity index (χ4v) is 2.88. The van der Waals surface area contributed by atoms with Crippen molar-refractivity contribution in [1.82, 2.24) is 15.3 Å². The van der Waals surface area contributed by atoms with Crippen LogP contribution < -0.4 is 10.1 Å². The molecule has 2 aromatic heterocycles. The van der Waals surface area contributed by atoms with Crippen LogP contribution in [0.1, 0.15) is 41.6 Å². The van der Waals surface area contributed by atoms with Crippen LogP contribution in [-0.4, -0.2) is 28.0 Å². The first-order valence-corrected chi connectivity index (χ1v) is 8.32.